The highest BCUT2D eigenvalue weighted by Crippen LogP contribution is 2.32. The van der Waals surface area contributed by atoms with Crippen molar-refractivity contribution >= 4 is 5.91 Å². The molecule has 2 heterocycles. The van der Waals surface area contributed by atoms with E-state index in [0.717, 1.165) is 48.4 Å². The molecule has 1 aromatic heterocycles. The molecule has 0 atom stereocenters. The van der Waals surface area contributed by atoms with E-state index in [-0.39, 0.29) is 23.7 Å². The first-order valence-electron chi connectivity index (χ1n) is 12.1. The number of aromatic nitrogens is 2. The van der Waals surface area contributed by atoms with Crippen molar-refractivity contribution in [3.05, 3.63) is 108 Å². The van der Waals surface area contributed by atoms with Gasteiger partial charge in [0.1, 0.15) is 11.6 Å². The zero-order valence-corrected chi connectivity index (χ0v) is 19.6. The first-order chi connectivity index (χ1) is 17.2. The van der Waals surface area contributed by atoms with E-state index in [2.05, 4.69) is 44.0 Å². The Balaban J connectivity index is 1.22. The minimum absolute atomic E-state index is 0.0266. The Morgan fingerprint density at radius 1 is 0.914 bits per heavy atom. The highest BCUT2D eigenvalue weighted by Gasteiger charge is 2.25. The van der Waals surface area contributed by atoms with Gasteiger partial charge in [-0.2, -0.15) is 0 Å². The van der Waals surface area contributed by atoms with E-state index in [1.807, 2.05) is 60.8 Å². The van der Waals surface area contributed by atoms with Crippen LogP contribution in [0.5, 0.6) is 5.75 Å². The van der Waals surface area contributed by atoms with Crippen LogP contribution in [0.3, 0.4) is 0 Å². The summed E-state index contributed by atoms with van der Waals surface area (Å²) in [7, 11) is 0. The third kappa shape index (κ3) is 5.28. The molecule has 4 aromatic rings. The second-order valence-corrected chi connectivity index (χ2v) is 9.00. The first-order valence-corrected chi connectivity index (χ1v) is 12.1. The highest BCUT2D eigenvalue weighted by atomic mass is 16.3. The number of nitrogens with zero attached hydrogens (tertiary/aromatic N) is 3. The number of phenols is 1. The SMILES string of the molecule is O=C(CN1CCC(n2ccnc2-c2ccccc2O)CC1)NC(c1ccccc1)c1ccccc1. The van der Waals surface area contributed by atoms with Crippen molar-refractivity contribution in [2.75, 3.05) is 19.6 Å². The Labute approximate surface area is 205 Å². The van der Waals surface area contributed by atoms with Gasteiger partial charge in [0.2, 0.25) is 5.91 Å². The van der Waals surface area contributed by atoms with Crippen molar-refractivity contribution in [3.8, 4) is 17.1 Å². The lowest BCUT2D eigenvalue weighted by molar-refractivity contribution is -0.123. The number of para-hydroxylation sites is 1. The third-order valence-corrected chi connectivity index (χ3v) is 6.70. The fraction of sp³-hybridized carbons (Fsp3) is 0.241. The summed E-state index contributed by atoms with van der Waals surface area (Å²) in [6, 6.07) is 27.6. The summed E-state index contributed by atoms with van der Waals surface area (Å²) in [6.07, 6.45) is 5.62. The van der Waals surface area contributed by atoms with Crippen molar-refractivity contribution in [1.29, 1.82) is 0 Å². The molecule has 6 nitrogen and oxygen atoms in total. The number of phenolic OH excluding ortho intramolecular Hbond substituents is 1. The molecule has 35 heavy (non-hydrogen) atoms. The molecule has 1 saturated heterocycles. The largest absolute Gasteiger partial charge is 0.507 e. The monoisotopic (exact) mass is 466 g/mol. The van der Waals surface area contributed by atoms with Crippen molar-refractivity contribution in [3.63, 3.8) is 0 Å². The summed E-state index contributed by atoms with van der Waals surface area (Å²) in [4.78, 5) is 19.8. The van der Waals surface area contributed by atoms with Crippen LogP contribution >= 0.6 is 0 Å². The van der Waals surface area contributed by atoms with Gasteiger partial charge in [-0.05, 0) is 36.1 Å². The van der Waals surface area contributed by atoms with Crippen LogP contribution in [0, 0.1) is 0 Å². The van der Waals surface area contributed by atoms with Crippen LogP contribution in [-0.2, 0) is 4.79 Å². The highest BCUT2D eigenvalue weighted by molar-refractivity contribution is 5.79. The lowest BCUT2D eigenvalue weighted by Gasteiger charge is -2.33. The average Bonchev–Trinajstić information content (AvgIpc) is 3.39. The van der Waals surface area contributed by atoms with Crippen molar-refractivity contribution < 1.29 is 9.90 Å². The van der Waals surface area contributed by atoms with E-state index < -0.39 is 0 Å². The standard InChI is InChI=1S/C29H30N4O2/c34-26-14-8-7-13-25(26)29-30-17-20-33(29)24-15-18-32(19-16-24)21-27(35)31-28(22-9-3-1-4-10-22)23-11-5-2-6-12-23/h1-14,17,20,24,28,34H,15-16,18-19,21H2,(H,31,35). The Hall–Kier alpha value is -3.90. The maximum absolute atomic E-state index is 13.1. The number of piperidine rings is 1. The molecule has 0 spiro atoms. The van der Waals surface area contributed by atoms with E-state index in [1.54, 1.807) is 12.3 Å². The van der Waals surface area contributed by atoms with Gasteiger partial charge in [-0.1, -0.05) is 72.8 Å². The lowest BCUT2D eigenvalue weighted by Crippen LogP contribution is -2.43. The molecule has 1 amide bonds. The number of carbonyl (C=O) groups is 1. The summed E-state index contributed by atoms with van der Waals surface area (Å²) >= 11 is 0. The van der Waals surface area contributed by atoms with E-state index in [4.69, 9.17) is 0 Å². The van der Waals surface area contributed by atoms with Gasteiger partial charge in [-0.3, -0.25) is 9.69 Å². The number of amides is 1. The summed E-state index contributed by atoms with van der Waals surface area (Å²) in [5, 5.41) is 13.5. The Bertz CT molecular complexity index is 1210. The molecule has 0 unspecified atom stereocenters. The maximum atomic E-state index is 13.1. The van der Waals surface area contributed by atoms with E-state index in [0.29, 0.717) is 6.54 Å². The van der Waals surface area contributed by atoms with Crippen LogP contribution in [-0.4, -0.2) is 45.1 Å². The van der Waals surface area contributed by atoms with Crippen LogP contribution in [0.4, 0.5) is 0 Å². The summed E-state index contributed by atoms with van der Waals surface area (Å²) in [5.74, 6) is 1.05. The molecule has 0 saturated carbocycles. The van der Waals surface area contributed by atoms with Gasteiger partial charge in [0.15, 0.2) is 0 Å². The van der Waals surface area contributed by atoms with E-state index >= 15 is 0 Å². The predicted octanol–water partition coefficient (Wildman–Crippen LogP) is 4.80. The molecule has 1 aliphatic rings. The molecule has 0 aliphatic carbocycles. The Kier molecular flexibility index (Phi) is 6.91. The minimum atomic E-state index is -0.172. The number of likely N-dealkylation sites (tertiary alicyclic amines) is 1. The van der Waals surface area contributed by atoms with Crippen LogP contribution in [0.2, 0.25) is 0 Å². The normalized spacial score (nSPS) is 14.8. The van der Waals surface area contributed by atoms with Gasteiger partial charge in [-0.25, -0.2) is 4.98 Å². The third-order valence-electron chi connectivity index (χ3n) is 6.70. The quantitative estimate of drug-likeness (QED) is 0.411. The molecule has 5 rings (SSSR count). The molecular weight excluding hydrogens is 436 g/mol. The molecule has 1 fully saturated rings. The number of nitrogens with one attached hydrogen (secondary N) is 1. The Morgan fingerprint density at radius 3 is 2.14 bits per heavy atom. The number of benzene rings is 3. The summed E-state index contributed by atoms with van der Waals surface area (Å²) in [5.41, 5.74) is 2.89. The van der Waals surface area contributed by atoms with Crippen molar-refractivity contribution in [2.24, 2.45) is 0 Å². The van der Waals surface area contributed by atoms with E-state index in [9.17, 15) is 9.90 Å². The summed E-state index contributed by atoms with van der Waals surface area (Å²) < 4.78 is 2.16. The smallest absolute Gasteiger partial charge is 0.234 e. The topological polar surface area (TPSA) is 70.4 Å². The maximum Gasteiger partial charge on any atom is 0.234 e. The molecule has 0 radical (unpaired) electrons. The molecule has 2 N–H and O–H groups in total. The van der Waals surface area contributed by atoms with Gasteiger partial charge in [-0.15, -0.1) is 0 Å². The van der Waals surface area contributed by atoms with Crippen molar-refractivity contribution in [2.45, 2.75) is 24.9 Å². The second kappa shape index (κ2) is 10.6. The predicted molar refractivity (Wildman–Crippen MR) is 137 cm³/mol. The molecule has 3 aromatic carbocycles. The van der Waals surface area contributed by atoms with Gasteiger partial charge in [0.05, 0.1) is 18.2 Å². The van der Waals surface area contributed by atoms with Crippen molar-refractivity contribution in [1.82, 2.24) is 19.8 Å². The summed E-state index contributed by atoms with van der Waals surface area (Å²) in [6.45, 7) is 2.04. The lowest BCUT2D eigenvalue weighted by atomic mass is 9.98. The zero-order valence-electron chi connectivity index (χ0n) is 19.6. The number of carbonyl (C=O) groups excluding carboxylic acids is 1. The molecule has 1 aliphatic heterocycles. The average molecular weight is 467 g/mol. The zero-order chi connectivity index (χ0) is 24.0. The molecular formula is C29H30N4O2. The van der Waals surface area contributed by atoms with Gasteiger partial charge in [0.25, 0.3) is 0 Å². The number of rotatable bonds is 7. The van der Waals surface area contributed by atoms with E-state index in [1.165, 1.54) is 0 Å². The second-order valence-electron chi connectivity index (χ2n) is 9.00. The fourth-order valence-corrected chi connectivity index (χ4v) is 4.89. The van der Waals surface area contributed by atoms with Gasteiger partial charge in [0, 0.05) is 31.5 Å². The van der Waals surface area contributed by atoms with Crippen LogP contribution in [0.25, 0.3) is 11.4 Å². The fourth-order valence-electron chi connectivity index (χ4n) is 4.89. The minimum Gasteiger partial charge on any atom is -0.507 e. The van der Waals surface area contributed by atoms with Crippen LogP contribution < -0.4 is 5.32 Å². The van der Waals surface area contributed by atoms with Crippen LogP contribution in [0.1, 0.15) is 36.1 Å². The molecule has 0 bridgehead atoms. The number of hydrogen-bond donors (Lipinski definition) is 2. The molecule has 6 heteroatoms. The van der Waals surface area contributed by atoms with Gasteiger partial charge < -0.3 is 15.0 Å². The molecule has 178 valence electrons. The van der Waals surface area contributed by atoms with Crippen LogP contribution in [0.15, 0.2) is 97.3 Å². The number of imidazole rings is 1. The van der Waals surface area contributed by atoms with Gasteiger partial charge >= 0.3 is 0 Å². The number of aromatic hydroxyl groups is 1. The number of hydrogen-bond acceptors (Lipinski definition) is 4. The first kappa shape index (κ1) is 22.9. The Morgan fingerprint density at radius 2 is 1.51 bits per heavy atom.